The molecule has 13 aromatic rings. The molecule has 0 aliphatic carbocycles. The van der Waals surface area contributed by atoms with Gasteiger partial charge in [0.1, 0.15) is 5.65 Å². The summed E-state index contributed by atoms with van der Waals surface area (Å²) in [6.07, 6.45) is 1.85. The van der Waals surface area contributed by atoms with Crippen LogP contribution in [-0.2, 0) is 0 Å². The van der Waals surface area contributed by atoms with Crippen molar-refractivity contribution in [2.45, 2.75) is 0 Å². The summed E-state index contributed by atoms with van der Waals surface area (Å²) < 4.78 is 6.64. The van der Waals surface area contributed by atoms with Gasteiger partial charge < -0.3 is 0 Å². The Balaban J connectivity index is 1.09. The van der Waals surface area contributed by atoms with Crippen molar-refractivity contribution in [3.05, 3.63) is 194 Å². The van der Waals surface area contributed by atoms with Crippen molar-refractivity contribution in [1.82, 2.24) is 39.0 Å². The van der Waals surface area contributed by atoms with Gasteiger partial charge in [0.05, 0.1) is 32.6 Å². The fourth-order valence-corrected chi connectivity index (χ4v) is 10.2. The molecule has 0 aliphatic heterocycles. The SMILES string of the molecule is c1ccc(-c2cc(-c3ccccc3)nc(-n3c4ncccc4c4ccc5c6cc7c8ccccc8n(-c8nc(-c9ccccc9)nc(-c9ccccc9)n8)c7cc6sc5c43)n2)cc1. The van der Waals surface area contributed by atoms with Crippen molar-refractivity contribution < 1.29 is 0 Å². The molecule has 294 valence electrons. The predicted molar refractivity (Wildman–Crippen MR) is 257 cm³/mol. The van der Waals surface area contributed by atoms with Crippen LogP contribution in [0.3, 0.4) is 0 Å². The standard InChI is InChI=1S/C54H32N8S/c1-5-16-33(17-6-1)43-31-44(34-18-7-2-8-19-34)57-53(56-43)62-48-38(40-25-15-29-55-52(40)62)27-28-39-42-30-41-37-24-13-14-26-45(37)61(46(41)32-47(42)63-49(39)48)54-59-50(35-20-9-3-10-21-35)58-51(60-54)36-22-11-4-12-23-36/h1-32H. The van der Waals surface area contributed by atoms with Gasteiger partial charge >= 0.3 is 0 Å². The van der Waals surface area contributed by atoms with E-state index < -0.39 is 0 Å². The quantitative estimate of drug-likeness (QED) is 0.166. The monoisotopic (exact) mass is 824 g/mol. The van der Waals surface area contributed by atoms with E-state index in [9.17, 15) is 0 Å². The summed E-state index contributed by atoms with van der Waals surface area (Å²) in [6, 6.07) is 64.8. The molecule has 0 fully saturated rings. The smallest absolute Gasteiger partial charge is 0.238 e. The zero-order valence-electron chi connectivity index (χ0n) is 33.5. The molecule has 7 aromatic carbocycles. The lowest BCUT2D eigenvalue weighted by Crippen LogP contribution is -2.06. The molecule has 8 nitrogen and oxygen atoms in total. The van der Waals surface area contributed by atoms with Crippen LogP contribution in [0.2, 0.25) is 0 Å². The van der Waals surface area contributed by atoms with Crippen molar-refractivity contribution in [3.63, 3.8) is 0 Å². The molecule has 63 heavy (non-hydrogen) atoms. The molecular formula is C54H32N8S. The van der Waals surface area contributed by atoms with Gasteiger partial charge in [0.15, 0.2) is 11.6 Å². The number of nitrogens with zero attached hydrogens (tertiary/aromatic N) is 8. The van der Waals surface area contributed by atoms with Gasteiger partial charge in [0, 0.05) is 65.5 Å². The van der Waals surface area contributed by atoms with Crippen LogP contribution >= 0.6 is 11.3 Å². The second-order valence-electron chi connectivity index (χ2n) is 15.6. The Morgan fingerprint density at radius 2 is 0.921 bits per heavy atom. The fourth-order valence-electron chi connectivity index (χ4n) is 8.97. The topological polar surface area (TPSA) is 87.2 Å². The summed E-state index contributed by atoms with van der Waals surface area (Å²) in [7, 11) is 0. The molecule has 0 N–H and O–H groups in total. The second kappa shape index (κ2) is 14.1. The maximum Gasteiger partial charge on any atom is 0.238 e. The van der Waals surface area contributed by atoms with E-state index in [4.69, 9.17) is 29.9 Å². The summed E-state index contributed by atoms with van der Waals surface area (Å²) in [5.41, 5.74) is 9.45. The van der Waals surface area contributed by atoms with Gasteiger partial charge in [-0.2, -0.15) is 9.97 Å². The van der Waals surface area contributed by atoms with Crippen LogP contribution in [0.15, 0.2) is 194 Å². The van der Waals surface area contributed by atoms with Crippen LogP contribution in [0, 0.1) is 0 Å². The molecule has 0 unspecified atom stereocenters. The van der Waals surface area contributed by atoms with Crippen LogP contribution in [0.1, 0.15) is 0 Å². The van der Waals surface area contributed by atoms with Gasteiger partial charge in [0.25, 0.3) is 0 Å². The summed E-state index contributed by atoms with van der Waals surface area (Å²) in [4.78, 5) is 31.0. The summed E-state index contributed by atoms with van der Waals surface area (Å²) in [5.74, 6) is 2.37. The van der Waals surface area contributed by atoms with Gasteiger partial charge in [-0.05, 0) is 36.4 Å². The molecule has 0 saturated heterocycles. The number of benzene rings is 7. The van der Waals surface area contributed by atoms with E-state index >= 15 is 0 Å². The molecule has 6 heterocycles. The van der Waals surface area contributed by atoms with E-state index in [0.717, 1.165) is 92.2 Å². The molecule has 0 atom stereocenters. The Morgan fingerprint density at radius 3 is 1.57 bits per heavy atom. The number of aromatic nitrogens is 8. The van der Waals surface area contributed by atoms with Crippen LogP contribution < -0.4 is 0 Å². The molecule has 0 radical (unpaired) electrons. The minimum Gasteiger partial charge on any atom is -0.278 e. The Bertz CT molecular complexity index is 3780. The van der Waals surface area contributed by atoms with Crippen molar-refractivity contribution in [2.24, 2.45) is 0 Å². The van der Waals surface area contributed by atoms with Crippen LogP contribution in [0.25, 0.3) is 121 Å². The van der Waals surface area contributed by atoms with Crippen molar-refractivity contribution in [1.29, 1.82) is 0 Å². The molecule has 13 rings (SSSR count). The third kappa shape index (κ3) is 5.67. The molecular weight excluding hydrogens is 793 g/mol. The van der Waals surface area contributed by atoms with E-state index in [1.165, 1.54) is 5.39 Å². The van der Waals surface area contributed by atoms with Crippen LogP contribution in [-0.4, -0.2) is 39.0 Å². The minimum absolute atomic E-state index is 0.563. The maximum atomic E-state index is 5.30. The lowest BCUT2D eigenvalue weighted by molar-refractivity contribution is 0.954. The molecule has 9 heteroatoms. The Morgan fingerprint density at radius 1 is 0.365 bits per heavy atom. The van der Waals surface area contributed by atoms with Crippen molar-refractivity contribution in [3.8, 4) is 57.2 Å². The molecule has 0 amide bonds. The van der Waals surface area contributed by atoms with Crippen molar-refractivity contribution in [2.75, 3.05) is 0 Å². The fraction of sp³-hybridized carbons (Fsp3) is 0. The van der Waals surface area contributed by atoms with E-state index in [2.05, 4.69) is 94.1 Å². The van der Waals surface area contributed by atoms with Gasteiger partial charge in [-0.25, -0.2) is 19.9 Å². The highest BCUT2D eigenvalue weighted by Crippen LogP contribution is 2.45. The Hall–Kier alpha value is -8.40. The van der Waals surface area contributed by atoms with E-state index in [1.54, 1.807) is 11.3 Å². The number of thiophene rings is 1. The highest BCUT2D eigenvalue weighted by atomic mass is 32.1. The average Bonchev–Trinajstić information content (AvgIpc) is 4.01. The largest absolute Gasteiger partial charge is 0.278 e. The first kappa shape index (κ1) is 35.4. The molecule has 0 saturated carbocycles. The third-order valence-corrected chi connectivity index (χ3v) is 13.0. The van der Waals surface area contributed by atoms with Crippen LogP contribution in [0.4, 0.5) is 0 Å². The normalized spacial score (nSPS) is 11.8. The number of rotatable bonds is 6. The number of fused-ring (bicyclic) bond motifs is 10. The third-order valence-electron chi connectivity index (χ3n) is 11.9. The molecule has 0 spiro atoms. The number of hydrogen-bond acceptors (Lipinski definition) is 7. The zero-order valence-corrected chi connectivity index (χ0v) is 34.3. The average molecular weight is 825 g/mol. The zero-order chi connectivity index (χ0) is 41.4. The second-order valence-corrected chi connectivity index (χ2v) is 16.6. The Kier molecular flexibility index (Phi) is 7.91. The first-order chi connectivity index (χ1) is 31.2. The van der Waals surface area contributed by atoms with Crippen molar-refractivity contribution >= 4 is 75.3 Å². The van der Waals surface area contributed by atoms with E-state index in [0.29, 0.717) is 23.5 Å². The van der Waals surface area contributed by atoms with E-state index in [-0.39, 0.29) is 0 Å². The molecule has 6 aromatic heterocycles. The van der Waals surface area contributed by atoms with Gasteiger partial charge in [-0.3, -0.25) is 9.13 Å². The lowest BCUT2D eigenvalue weighted by atomic mass is 10.1. The summed E-state index contributed by atoms with van der Waals surface area (Å²) in [5, 5.41) is 6.71. The number of pyridine rings is 1. The lowest BCUT2D eigenvalue weighted by Gasteiger charge is -2.11. The number of hydrogen-bond donors (Lipinski definition) is 0. The molecule has 0 bridgehead atoms. The molecule has 0 aliphatic rings. The summed E-state index contributed by atoms with van der Waals surface area (Å²) in [6.45, 7) is 0. The van der Waals surface area contributed by atoms with Gasteiger partial charge in [0.2, 0.25) is 11.9 Å². The van der Waals surface area contributed by atoms with Gasteiger partial charge in [-0.15, -0.1) is 11.3 Å². The number of para-hydroxylation sites is 1. The Labute approximate surface area is 364 Å². The van der Waals surface area contributed by atoms with E-state index in [1.807, 2.05) is 109 Å². The predicted octanol–water partition coefficient (Wildman–Crippen LogP) is 13.3. The minimum atomic E-state index is 0.563. The maximum absolute atomic E-state index is 5.30. The first-order valence-corrected chi connectivity index (χ1v) is 21.6. The van der Waals surface area contributed by atoms with Gasteiger partial charge in [-0.1, -0.05) is 152 Å². The highest BCUT2D eigenvalue weighted by molar-refractivity contribution is 7.26. The highest BCUT2D eigenvalue weighted by Gasteiger charge is 2.24. The summed E-state index contributed by atoms with van der Waals surface area (Å²) >= 11 is 1.77. The van der Waals surface area contributed by atoms with Crippen LogP contribution in [0.5, 0.6) is 0 Å². The first-order valence-electron chi connectivity index (χ1n) is 20.8.